The second-order valence-corrected chi connectivity index (χ2v) is 7.22. The van der Waals surface area contributed by atoms with E-state index in [0.717, 1.165) is 28.8 Å². The molecule has 0 spiro atoms. The number of esters is 1. The van der Waals surface area contributed by atoms with E-state index < -0.39 is 29.5 Å². The predicted octanol–water partition coefficient (Wildman–Crippen LogP) is 2.82. The molecule has 0 N–H and O–H groups in total. The minimum absolute atomic E-state index is 0.0926. The summed E-state index contributed by atoms with van der Waals surface area (Å²) < 4.78 is 20.4. The smallest absolute Gasteiger partial charge is 0.363 e. The number of aryl methyl sites for hydroxylation is 2. The molecule has 0 saturated heterocycles. The third-order valence-corrected chi connectivity index (χ3v) is 5.12. The molecule has 2 aromatic carbocycles. The minimum atomic E-state index is -1.03. The molecule has 1 aromatic heterocycles. The predicted molar refractivity (Wildman–Crippen MR) is 112 cm³/mol. The Bertz CT molecular complexity index is 1220. The van der Waals surface area contributed by atoms with Crippen LogP contribution in [-0.2, 0) is 16.0 Å². The van der Waals surface area contributed by atoms with Crippen molar-refractivity contribution in [2.45, 2.75) is 19.8 Å². The van der Waals surface area contributed by atoms with Gasteiger partial charge in [0.25, 0.3) is 5.91 Å². The van der Waals surface area contributed by atoms with Crippen LogP contribution < -0.4 is 10.3 Å². The van der Waals surface area contributed by atoms with Crippen LogP contribution in [0.3, 0.4) is 0 Å². The Labute approximate surface area is 177 Å². The topological polar surface area (TPSA) is 81.5 Å². The Hall–Kier alpha value is -3.81. The zero-order valence-electron chi connectivity index (χ0n) is 16.9. The number of hydrogen-bond acceptors (Lipinski definition) is 5. The SMILES string of the molecule is Cc1cc(=O)c(C(=O)OCC(=O)N2CCCc3ccccc32)nn1-c1ccccc1F. The first-order valence-electron chi connectivity index (χ1n) is 9.87. The van der Waals surface area contributed by atoms with E-state index in [2.05, 4.69) is 5.10 Å². The van der Waals surface area contributed by atoms with Gasteiger partial charge in [0.15, 0.2) is 6.61 Å². The molecule has 7 nitrogen and oxygen atoms in total. The summed E-state index contributed by atoms with van der Waals surface area (Å²) in [5, 5.41) is 3.99. The molecule has 1 amide bonds. The number of fused-ring (bicyclic) bond motifs is 1. The van der Waals surface area contributed by atoms with Crippen molar-refractivity contribution in [3.05, 3.63) is 87.6 Å². The van der Waals surface area contributed by atoms with E-state index in [1.54, 1.807) is 17.9 Å². The summed E-state index contributed by atoms with van der Waals surface area (Å²) in [4.78, 5) is 39.0. The molecule has 2 heterocycles. The Balaban J connectivity index is 1.53. The van der Waals surface area contributed by atoms with E-state index >= 15 is 0 Å². The fourth-order valence-electron chi connectivity index (χ4n) is 3.62. The molecule has 3 aromatic rings. The van der Waals surface area contributed by atoms with Gasteiger partial charge in [-0.3, -0.25) is 9.59 Å². The van der Waals surface area contributed by atoms with E-state index in [1.807, 2.05) is 24.3 Å². The Morgan fingerprint density at radius 2 is 1.81 bits per heavy atom. The summed E-state index contributed by atoms with van der Waals surface area (Å²) in [6.45, 7) is 1.57. The van der Waals surface area contributed by atoms with Crippen molar-refractivity contribution < 1.29 is 18.7 Å². The monoisotopic (exact) mass is 421 g/mol. The van der Waals surface area contributed by atoms with Crippen LogP contribution in [-0.4, -0.2) is 34.8 Å². The Kier molecular flexibility index (Phi) is 5.62. The number of halogens is 1. The van der Waals surface area contributed by atoms with Crippen molar-refractivity contribution in [3.63, 3.8) is 0 Å². The van der Waals surface area contributed by atoms with Crippen LogP contribution in [0, 0.1) is 12.7 Å². The first kappa shape index (κ1) is 20.5. The number of rotatable bonds is 4. The number of para-hydroxylation sites is 2. The van der Waals surface area contributed by atoms with E-state index in [-0.39, 0.29) is 11.6 Å². The third-order valence-electron chi connectivity index (χ3n) is 5.12. The number of hydrogen-bond donors (Lipinski definition) is 0. The molecule has 0 unspecified atom stereocenters. The van der Waals surface area contributed by atoms with Crippen molar-refractivity contribution in [1.82, 2.24) is 9.78 Å². The van der Waals surface area contributed by atoms with Gasteiger partial charge < -0.3 is 9.64 Å². The van der Waals surface area contributed by atoms with Gasteiger partial charge in [0.1, 0.15) is 11.5 Å². The van der Waals surface area contributed by atoms with Crippen LogP contribution in [0.1, 0.15) is 28.2 Å². The number of aromatic nitrogens is 2. The first-order chi connectivity index (χ1) is 15.0. The van der Waals surface area contributed by atoms with Crippen molar-refractivity contribution in [2.75, 3.05) is 18.1 Å². The summed E-state index contributed by atoms with van der Waals surface area (Å²) in [6.07, 6.45) is 1.69. The van der Waals surface area contributed by atoms with E-state index in [0.29, 0.717) is 12.2 Å². The lowest BCUT2D eigenvalue weighted by Crippen LogP contribution is -2.38. The summed E-state index contributed by atoms with van der Waals surface area (Å²) >= 11 is 0. The minimum Gasteiger partial charge on any atom is -0.451 e. The summed E-state index contributed by atoms with van der Waals surface area (Å²) in [7, 11) is 0. The average Bonchev–Trinajstić information content (AvgIpc) is 2.77. The van der Waals surface area contributed by atoms with Crippen LogP contribution in [0.5, 0.6) is 0 Å². The molecule has 0 radical (unpaired) electrons. The lowest BCUT2D eigenvalue weighted by atomic mass is 10.0. The molecule has 0 saturated carbocycles. The molecule has 0 aliphatic carbocycles. The average molecular weight is 421 g/mol. The van der Waals surface area contributed by atoms with E-state index in [4.69, 9.17) is 4.74 Å². The lowest BCUT2D eigenvalue weighted by Gasteiger charge is -2.29. The van der Waals surface area contributed by atoms with Gasteiger partial charge in [-0.25, -0.2) is 13.9 Å². The van der Waals surface area contributed by atoms with Crippen molar-refractivity contribution in [3.8, 4) is 5.69 Å². The molecule has 1 aliphatic heterocycles. The fraction of sp³-hybridized carbons (Fsp3) is 0.217. The molecule has 158 valence electrons. The molecular formula is C23H20FN3O4. The lowest BCUT2D eigenvalue weighted by molar-refractivity contribution is -0.121. The van der Waals surface area contributed by atoms with Gasteiger partial charge in [-0.05, 0) is 43.5 Å². The number of nitrogens with zero attached hydrogens (tertiary/aromatic N) is 3. The van der Waals surface area contributed by atoms with Gasteiger partial charge in [0.2, 0.25) is 11.1 Å². The third kappa shape index (κ3) is 4.09. The second-order valence-electron chi connectivity index (χ2n) is 7.22. The van der Waals surface area contributed by atoms with Crippen LogP contribution >= 0.6 is 0 Å². The summed E-state index contributed by atoms with van der Waals surface area (Å²) in [5.41, 5.74) is 1.13. The highest BCUT2D eigenvalue weighted by molar-refractivity contribution is 5.97. The first-order valence-corrected chi connectivity index (χ1v) is 9.87. The number of benzene rings is 2. The maximum atomic E-state index is 14.2. The number of carbonyl (C=O) groups excluding carboxylic acids is 2. The molecule has 1 aliphatic rings. The van der Waals surface area contributed by atoms with Gasteiger partial charge in [-0.1, -0.05) is 30.3 Å². The Morgan fingerprint density at radius 3 is 2.58 bits per heavy atom. The normalized spacial score (nSPS) is 12.9. The molecule has 0 bridgehead atoms. The van der Waals surface area contributed by atoms with Gasteiger partial charge in [-0.2, -0.15) is 5.10 Å². The van der Waals surface area contributed by atoms with Gasteiger partial charge in [0, 0.05) is 24.0 Å². The Morgan fingerprint density at radius 1 is 1.10 bits per heavy atom. The zero-order chi connectivity index (χ0) is 22.0. The van der Waals surface area contributed by atoms with Gasteiger partial charge in [-0.15, -0.1) is 0 Å². The van der Waals surface area contributed by atoms with E-state index in [1.165, 1.54) is 24.3 Å². The standard InChI is InChI=1S/C23H20FN3O4/c1-15-13-20(28)22(25-27(15)19-11-5-3-9-17(19)24)23(30)31-14-21(29)26-12-6-8-16-7-2-4-10-18(16)26/h2-5,7,9-11,13H,6,8,12,14H2,1H3. The second kappa shape index (κ2) is 8.51. The van der Waals surface area contributed by atoms with E-state index in [9.17, 15) is 18.8 Å². The molecule has 31 heavy (non-hydrogen) atoms. The van der Waals surface area contributed by atoms with Gasteiger partial charge >= 0.3 is 5.97 Å². The zero-order valence-corrected chi connectivity index (χ0v) is 16.9. The highest BCUT2D eigenvalue weighted by atomic mass is 19.1. The molecule has 0 fully saturated rings. The quantitative estimate of drug-likeness (QED) is 0.605. The van der Waals surface area contributed by atoms with Crippen molar-refractivity contribution >= 4 is 17.6 Å². The van der Waals surface area contributed by atoms with Crippen LogP contribution in [0.4, 0.5) is 10.1 Å². The number of anilines is 1. The van der Waals surface area contributed by atoms with Gasteiger partial charge in [0.05, 0.1) is 0 Å². The molecule has 4 rings (SSSR count). The number of ether oxygens (including phenoxy) is 1. The fourth-order valence-corrected chi connectivity index (χ4v) is 3.62. The molecular weight excluding hydrogens is 401 g/mol. The summed E-state index contributed by atoms with van der Waals surface area (Å²) in [5.74, 6) is -1.98. The molecule has 8 heteroatoms. The van der Waals surface area contributed by atoms with Crippen LogP contribution in [0.15, 0.2) is 59.4 Å². The molecule has 0 atom stereocenters. The van der Waals surface area contributed by atoms with Crippen LogP contribution in [0.25, 0.3) is 5.69 Å². The van der Waals surface area contributed by atoms with Crippen molar-refractivity contribution in [2.24, 2.45) is 0 Å². The number of carbonyl (C=O) groups is 2. The summed E-state index contributed by atoms with van der Waals surface area (Å²) in [6, 6.07) is 14.6. The largest absolute Gasteiger partial charge is 0.451 e. The maximum Gasteiger partial charge on any atom is 0.363 e. The van der Waals surface area contributed by atoms with Crippen LogP contribution in [0.2, 0.25) is 0 Å². The van der Waals surface area contributed by atoms with Crippen molar-refractivity contribution in [1.29, 1.82) is 0 Å². The highest BCUT2D eigenvalue weighted by Gasteiger charge is 2.24. The highest BCUT2D eigenvalue weighted by Crippen LogP contribution is 2.26. The number of amides is 1. The maximum absolute atomic E-state index is 14.2.